The van der Waals surface area contributed by atoms with Gasteiger partial charge in [0, 0.05) is 18.5 Å². The second-order valence-corrected chi connectivity index (χ2v) is 5.73. The SMILES string of the molecule is CC(C)CC(=O)OC1C[C@H]2CC[C@@H](C1)N2C. The van der Waals surface area contributed by atoms with Gasteiger partial charge in [0.25, 0.3) is 0 Å². The second kappa shape index (κ2) is 4.74. The first-order valence-corrected chi connectivity index (χ1v) is 6.47. The van der Waals surface area contributed by atoms with Crippen LogP contribution >= 0.6 is 0 Å². The van der Waals surface area contributed by atoms with Gasteiger partial charge in [-0.1, -0.05) is 13.8 Å². The fraction of sp³-hybridized carbons (Fsp3) is 0.923. The molecule has 0 aliphatic carbocycles. The summed E-state index contributed by atoms with van der Waals surface area (Å²) in [4.78, 5) is 14.1. The molecule has 0 radical (unpaired) electrons. The average Bonchev–Trinajstić information content (AvgIpc) is 2.43. The molecular weight excluding hydrogens is 202 g/mol. The van der Waals surface area contributed by atoms with Crippen LogP contribution in [0, 0.1) is 5.92 Å². The van der Waals surface area contributed by atoms with E-state index in [-0.39, 0.29) is 12.1 Å². The maximum atomic E-state index is 11.6. The summed E-state index contributed by atoms with van der Waals surface area (Å²) < 4.78 is 5.57. The molecule has 0 spiro atoms. The summed E-state index contributed by atoms with van der Waals surface area (Å²) in [5.74, 6) is 0.388. The highest BCUT2D eigenvalue weighted by Gasteiger charge is 2.39. The summed E-state index contributed by atoms with van der Waals surface area (Å²) in [6.45, 7) is 4.11. The van der Waals surface area contributed by atoms with E-state index >= 15 is 0 Å². The lowest BCUT2D eigenvalue weighted by Crippen LogP contribution is -2.43. The zero-order valence-electron chi connectivity index (χ0n) is 10.6. The molecule has 2 bridgehead atoms. The Kier molecular flexibility index (Phi) is 3.53. The molecule has 0 aromatic rings. The lowest BCUT2D eigenvalue weighted by atomic mass is 10.0. The average molecular weight is 225 g/mol. The highest BCUT2D eigenvalue weighted by atomic mass is 16.5. The molecule has 1 unspecified atom stereocenters. The summed E-state index contributed by atoms with van der Waals surface area (Å²) in [7, 11) is 2.20. The van der Waals surface area contributed by atoms with Crippen LogP contribution in [0.2, 0.25) is 0 Å². The van der Waals surface area contributed by atoms with Gasteiger partial charge in [0.2, 0.25) is 0 Å². The molecule has 3 nitrogen and oxygen atoms in total. The fourth-order valence-electron chi connectivity index (χ4n) is 3.03. The van der Waals surface area contributed by atoms with E-state index in [9.17, 15) is 4.79 Å². The van der Waals surface area contributed by atoms with Crippen LogP contribution in [-0.2, 0) is 9.53 Å². The third-order valence-corrected chi connectivity index (χ3v) is 3.93. The van der Waals surface area contributed by atoms with E-state index in [0.717, 1.165) is 12.8 Å². The largest absolute Gasteiger partial charge is 0.462 e. The quantitative estimate of drug-likeness (QED) is 0.690. The van der Waals surface area contributed by atoms with Gasteiger partial charge < -0.3 is 9.64 Å². The minimum Gasteiger partial charge on any atom is -0.462 e. The van der Waals surface area contributed by atoms with Gasteiger partial charge in [0.1, 0.15) is 6.10 Å². The molecule has 3 atom stereocenters. The molecule has 16 heavy (non-hydrogen) atoms. The maximum Gasteiger partial charge on any atom is 0.306 e. The van der Waals surface area contributed by atoms with Crippen molar-refractivity contribution in [3.05, 3.63) is 0 Å². The molecule has 2 rings (SSSR count). The molecular formula is C13H23NO2. The Labute approximate surface area is 98.1 Å². The molecule has 3 heteroatoms. The molecule has 0 N–H and O–H groups in total. The lowest BCUT2D eigenvalue weighted by Gasteiger charge is -2.35. The minimum absolute atomic E-state index is 0.0102. The number of carbonyl (C=O) groups is 1. The summed E-state index contributed by atoms with van der Waals surface area (Å²) in [5, 5.41) is 0. The van der Waals surface area contributed by atoms with Crippen molar-refractivity contribution in [2.45, 2.75) is 64.1 Å². The van der Waals surface area contributed by atoms with Crippen LogP contribution in [-0.4, -0.2) is 36.1 Å². The minimum atomic E-state index is -0.0102. The number of rotatable bonds is 3. The normalized spacial score (nSPS) is 34.4. The number of hydrogen-bond donors (Lipinski definition) is 0. The molecule has 2 heterocycles. The Morgan fingerprint density at radius 3 is 2.38 bits per heavy atom. The molecule has 0 aromatic carbocycles. The first kappa shape index (κ1) is 11.9. The van der Waals surface area contributed by atoms with E-state index in [2.05, 4.69) is 25.8 Å². The number of esters is 1. The van der Waals surface area contributed by atoms with Gasteiger partial charge in [0.05, 0.1) is 0 Å². The van der Waals surface area contributed by atoms with Gasteiger partial charge in [0.15, 0.2) is 0 Å². The third-order valence-electron chi connectivity index (χ3n) is 3.93. The topological polar surface area (TPSA) is 29.5 Å². The van der Waals surface area contributed by atoms with E-state index < -0.39 is 0 Å². The number of piperidine rings is 1. The summed E-state index contributed by atoms with van der Waals surface area (Å²) in [5.41, 5.74) is 0. The highest BCUT2D eigenvalue weighted by Crippen LogP contribution is 2.35. The van der Waals surface area contributed by atoms with Crippen LogP contribution in [0.3, 0.4) is 0 Å². The summed E-state index contributed by atoms with van der Waals surface area (Å²) in [6, 6.07) is 1.30. The molecule has 0 aromatic heterocycles. The van der Waals surface area contributed by atoms with Crippen molar-refractivity contribution in [1.82, 2.24) is 4.90 Å². The Morgan fingerprint density at radius 2 is 1.88 bits per heavy atom. The summed E-state index contributed by atoms with van der Waals surface area (Å²) >= 11 is 0. The molecule has 2 aliphatic heterocycles. The van der Waals surface area contributed by atoms with E-state index in [1.54, 1.807) is 0 Å². The number of fused-ring (bicyclic) bond motifs is 2. The van der Waals surface area contributed by atoms with Crippen molar-refractivity contribution >= 4 is 5.97 Å². The number of carbonyl (C=O) groups excluding carboxylic acids is 1. The van der Waals surface area contributed by atoms with Crippen molar-refractivity contribution < 1.29 is 9.53 Å². The van der Waals surface area contributed by atoms with Gasteiger partial charge in [-0.05, 0) is 38.6 Å². The zero-order chi connectivity index (χ0) is 11.7. The van der Waals surface area contributed by atoms with Crippen molar-refractivity contribution in [2.75, 3.05) is 7.05 Å². The molecule has 92 valence electrons. The van der Waals surface area contributed by atoms with Crippen LogP contribution in [0.1, 0.15) is 46.0 Å². The highest BCUT2D eigenvalue weighted by molar-refractivity contribution is 5.69. The van der Waals surface area contributed by atoms with Gasteiger partial charge in [-0.3, -0.25) is 4.79 Å². The van der Waals surface area contributed by atoms with Gasteiger partial charge >= 0.3 is 5.97 Å². The zero-order valence-corrected chi connectivity index (χ0v) is 10.6. The molecule has 2 fully saturated rings. The lowest BCUT2D eigenvalue weighted by molar-refractivity contribution is -0.153. The monoisotopic (exact) mass is 225 g/mol. The van der Waals surface area contributed by atoms with E-state index in [1.165, 1.54) is 12.8 Å². The van der Waals surface area contributed by atoms with E-state index in [1.807, 2.05) is 0 Å². The molecule has 2 saturated heterocycles. The number of hydrogen-bond acceptors (Lipinski definition) is 3. The Balaban J connectivity index is 1.82. The van der Waals surface area contributed by atoms with Crippen LogP contribution < -0.4 is 0 Å². The predicted octanol–water partition coefficient (Wildman–Crippen LogP) is 2.20. The van der Waals surface area contributed by atoms with Crippen molar-refractivity contribution in [3.8, 4) is 0 Å². The number of ether oxygens (including phenoxy) is 1. The van der Waals surface area contributed by atoms with Crippen LogP contribution in [0.25, 0.3) is 0 Å². The summed E-state index contributed by atoms with van der Waals surface area (Å²) in [6.07, 6.45) is 5.37. The first-order chi connectivity index (χ1) is 7.56. The maximum absolute atomic E-state index is 11.6. The van der Waals surface area contributed by atoms with Crippen LogP contribution in [0.15, 0.2) is 0 Å². The van der Waals surface area contributed by atoms with Crippen molar-refractivity contribution in [3.63, 3.8) is 0 Å². The van der Waals surface area contributed by atoms with Gasteiger partial charge in [-0.2, -0.15) is 0 Å². The van der Waals surface area contributed by atoms with E-state index in [0.29, 0.717) is 24.4 Å². The Morgan fingerprint density at radius 1 is 1.31 bits per heavy atom. The predicted molar refractivity (Wildman–Crippen MR) is 63.1 cm³/mol. The fourth-order valence-corrected chi connectivity index (χ4v) is 3.03. The van der Waals surface area contributed by atoms with Gasteiger partial charge in [-0.25, -0.2) is 0 Å². The van der Waals surface area contributed by atoms with Crippen LogP contribution in [0.4, 0.5) is 0 Å². The van der Waals surface area contributed by atoms with E-state index in [4.69, 9.17) is 4.74 Å². The smallest absolute Gasteiger partial charge is 0.306 e. The third kappa shape index (κ3) is 2.57. The molecule has 0 saturated carbocycles. The Hall–Kier alpha value is -0.570. The number of nitrogens with zero attached hydrogens (tertiary/aromatic N) is 1. The molecule has 0 amide bonds. The standard InChI is InChI=1S/C13H23NO2/c1-9(2)6-13(15)16-12-7-10-4-5-11(8-12)14(10)3/h9-12H,4-8H2,1-3H3/t10-,11+,12?. The van der Waals surface area contributed by atoms with Crippen molar-refractivity contribution in [1.29, 1.82) is 0 Å². The van der Waals surface area contributed by atoms with Gasteiger partial charge in [-0.15, -0.1) is 0 Å². The van der Waals surface area contributed by atoms with Crippen LogP contribution in [0.5, 0.6) is 0 Å². The van der Waals surface area contributed by atoms with Crippen molar-refractivity contribution in [2.24, 2.45) is 5.92 Å². The molecule has 2 aliphatic rings. The Bertz CT molecular complexity index is 251. The first-order valence-electron chi connectivity index (χ1n) is 6.47. The second-order valence-electron chi connectivity index (χ2n) is 5.73.